The van der Waals surface area contributed by atoms with Crippen LogP contribution in [-0.2, 0) is 0 Å². The lowest BCUT2D eigenvalue weighted by atomic mass is 9.95. The maximum atomic E-state index is 10.1. The molecule has 0 atom stereocenters. The van der Waals surface area contributed by atoms with E-state index in [1.807, 2.05) is 13.8 Å². The Hall–Kier alpha value is -1.000. The van der Waals surface area contributed by atoms with Gasteiger partial charge in [0.25, 0.3) is 0 Å². The molecule has 2 rings (SSSR count). The van der Waals surface area contributed by atoms with Crippen molar-refractivity contribution in [3.05, 3.63) is 44.3 Å². The lowest BCUT2D eigenvalue weighted by Crippen LogP contribution is -1.91. The van der Waals surface area contributed by atoms with Crippen molar-refractivity contribution in [3.8, 4) is 22.6 Å². The number of hydrogen-bond acceptors (Lipinski definition) is 2. The standard InChI is InChI=1S/C14H12Br2O2/c1-7-9(15)3-5-11(17)13(7)14-8(2)10(16)4-6-12(14)18/h3-6,17-18H,1-2H3. The Labute approximate surface area is 123 Å². The summed E-state index contributed by atoms with van der Waals surface area (Å²) in [4.78, 5) is 0. The third kappa shape index (κ3) is 2.15. The second-order valence-corrected chi connectivity index (χ2v) is 5.84. The molecule has 2 aromatic rings. The Morgan fingerprint density at radius 2 is 1.06 bits per heavy atom. The number of phenols is 2. The van der Waals surface area contributed by atoms with Crippen LogP contribution in [0.25, 0.3) is 11.1 Å². The number of rotatable bonds is 1. The zero-order chi connectivity index (χ0) is 13.4. The van der Waals surface area contributed by atoms with Gasteiger partial charge >= 0.3 is 0 Å². The summed E-state index contributed by atoms with van der Waals surface area (Å²) in [5.74, 6) is 0.319. The Morgan fingerprint density at radius 3 is 1.39 bits per heavy atom. The second-order valence-electron chi connectivity index (χ2n) is 4.13. The van der Waals surface area contributed by atoms with Gasteiger partial charge in [-0.3, -0.25) is 0 Å². The number of benzene rings is 2. The first-order valence-corrected chi connectivity index (χ1v) is 6.98. The molecule has 18 heavy (non-hydrogen) atoms. The summed E-state index contributed by atoms with van der Waals surface area (Å²) in [5, 5.41) is 20.1. The summed E-state index contributed by atoms with van der Waals surface area (Å²) in [5.41, 5.74) is 3.10. The normalized spacial score (nSPS) is 10.7. The SMILES string of the molecule is Cc1c(Br)ccc(O)c1-c1c(O)ccc(Br)c1C. The van der Waals surface area contributed by atoms with Crippen molar-refractivity contribution < 1.29 is 10.2 Å². The van der Waals surface area contributed by atoms with Crippen molar-refractivity contribution in [2.24, 2.45) is 0 Å². The van der Waals surface area contributed by atoms with Gasteiger partial charge in [-0.2, -0.15) is 0 Å². The average molecular weight is 372 g/mol. The van der Waals surface area contributed by atoms with Gasteiger partial charge in [-0.1, -0.05) is 31.9 Å². The van der Waals surface area contributed by atoms with Gasteiger partial charge in [0.1, 0.15) is 11.5 Å². The van der Waals surface area contributed by atoms with Crippen molar-refractivity contribution in [2.45, 2.75) is 13.8 Å². The Balaban J connectivity index is 2.85. The Morgan fingerprint density at radius 1 is 0.722 bits per heavy atom. The van der Waals surface area contributed by atoms with Crippen LogP contribution < -0.4 is 0 Å². The molecule has 2 N–H and O–H groups in total. The highest BCUT2D eigenvalue weighted by Gasteiger charge is 2.17. The lowest BCUT2D eigenvalue weighted by Gasteiger charge is -2.15. The molecule has 0 aliphatic heterocycles. The molecule has 0 spiro atoms. The first kappa shape index (κ1) is 13.4. The second kappa shape index (κ2) is 4.94. The molecular weight excluding hydrogens is 360 g/mol. The van der Waals surface area contributed by atoms with Gasteiger partial charge in [-0.05, 0) is 49.2 Å². The molecule has 0 bridgehead atoms. The molecule has 0 aliphatic carbocycles. The molecule has 0 saturated carbocycles. The molecule has 0 heterocycles. The van der Waals surface area contributed by atoms with E-state index in [-0.39, 0.29) is 11.5 Å². The fourth-order valence-corrected chi connectivity index (χ4v) is 2.64. The molecule has 0 unspecified atom stereocenters. The highest BCUT2D eigenvalue weighted by atomic mass is 79.9. The predicted octanol–water partition coefficient (Wildman–Crippen LogP) is 4.91. The van der Waals surface area contributed by atoms with Crippen LogP contribution in [0.3, 0.4) is 0 Å². The van der Waals surface area contributed by atoms with Gasteiger partial charge in [0.15, 0.2) is 0 Å². The van der Waals surface area contributed by atoms with E-state index >= 15 is 0 Å². The molecule has 94 valence electrons. The summed E-state index contributed by atoms with van der Waals surface area (Å²) in [6, 6.07) is 6.81. The highest BCUT2D eigenvalue weighted by Crippen LogP contribution is 2.43. The summed E-state index contributed by atoms with van der Waals surface area (Å²) >= 11 is 6.88. The maximum Gasteiger partial charge on any atom is 0.123 e. The number of hydrogen-bond donors (Lipinski definition) is 2. The van der Waals surface area contributed by atoms with Gasteiger partial charge < -0.3 is 10.2 Å². The van der Waals surface area contributed by atoms with Crippen LogP contribution in [0.5, 0.6) is 11.5 Å². The summed E-state index contributed by atoms with van der Waals surface area (Å²) in [6.45, 7) is 3.80. The van der Waals surface area contributed by atoms with Crippen LogP contribution in [0.4, 0.5) is 0 Å². The molecule has 2 nitrogen and oxygen atoms in total. The van der Waals surface area contributed by atoms with Crippen molar-refractivity contribution in [1.82, 2.24) is 0 Å². The predicted molar refractivity (Wildman–Crippen MR) is 80.1 cm³/mol. The van der Waals surface area contributed by atoms with Gasteiger partial charge in [-0.25, -0.2) is 0 Å². The summed E-state index contributed by atoms with van der Waals surface area (Å²) < 4.78 is 1.79. The fraction of sp³-hybridized carbons (Fsp3) is 0.143. The zero-order valence-electron chi connectivity index (χ0n) is 9.96. The van der Waals surface area contributed by atoms with Crippen LogP contribution in [-0.4, -0.2) is 10.2 Å². The van der Waals surface area contributed by atoms with Gasteiger partial charge in [-0.15, -0.1) is 0 Å². The van der Waals surface area contributed by atoms with E-state index in [9.17, 15) is 10.2 Å². The van der Waals surface area contributed by atoms with E-state index in [2.05, 4.69) is 31.9 Å². The molecule has 0 fully saturated rings. The van der Waals surface area contributed by atoms with Gasteiger partial charge in [0.05, 0.1) is 0 Å². The van der Waals surface area contributed by atoms with E-state index in [0.717, 1.165) is 20.1 Å². The van der Waals surface area contributed by atoms with E-state index < -0.39 is 0 Å². The number of halogens is 2. The van der Waals surface area contributed by atoms with Crippen LogP contribution in [0, 0.1) is 13.8 Å². The van der Waals surface area contributed by atoms with Crippen LogP contribution in [0.2, 0.25) is 0 Å². The highest BCUT2D eigenvalue weighted by molar-refractivity contribution is 9.10. The van der Waals surface area contributed by atoms with Crippen molar-refractivity contribution >= 4 is 31.9 Å². The van der Waals surface area contributed by atoms with Crippen LogP contribution in [0.1, 0.15) is 11.1 Å². The number of aromatic hydroxyl groups is 2. The monoisotopic (exact) mass is 370 g/mol. The molecule has 0 aliphatic rings. The first-order valence-electron chi connectivity index (χ1n) is 5.40. The van der Waals surface area contributed by atoms with Crippen molar-refractivity contribution in [1.29, 1.82) is 0 Å². The molecular formula is C14H12Br2O2. The molecule has 0 amide bonds. The minimum absolute atomic E-state index is 0.159. The third-order valence-electron chi connectivity index (χ3n) is 3.00. The van der Waals surface area contributed by atoms with Gasteiger partial charge in [0.2, 0.25) is 0 Å². The van der Waals surface area contributed by atoms with E-state index in [4.69, 9.17) is 0 Å². The molecule has 2 aromatic carbocycles. The average Bonchev–Trinajstić information content (AvgIpc) is 2.33. The van der Waals surface area contributed by atoms with E-state index in [1.165, 1.54) is 0 Å². The van der Waals surface area contributed by atoms with Crippen molar-refractivity contribution in [3.63, 3.8) is 0 Å². The largest absolute Gasteiger partial charge is 0.507 e. The molecule has 0 radical (unpaired) electrons. The Bertz CT molecular complexity index is 566. The third-order valence-corrected chi connectivity index (χ3v) is 4.72. The molecule has 0 saturated heterocycles. The summed E-state index contributed by atoms with van der Waals surface area (Å²) in [6.07, 6.45) is 0. The quantitative estimate of drug-likeness (QED) is 0.747. The minimum atomic E-state index is 0.159. The van der Waals surface area contributed by atoms with Crippen LogP contribution >= 0.6 is 31.9 Å². The molecule has 0 aromatic heterocycles. The summed E-state index contributed by atoms with van der Waals surface area (Å²) in [7, 11) is 0. The Kier molecular flexibility index (Phi) is 3.69. The van der Waals surface area contributed by atoms with E-state index in [1.54, 1.807) is 24.3 Å². The van der Waals surface area contributed by atoms with Crippen molar-refractivity contribution in [2.75, 3.05) is 0 Å². The van der Waals surface area contributed by atoms with E-state index in [0.29, 0.717) is 11.1 Å². The van der Waals surface area contributed by atoms with Crippen LogP contribution in [0.15, 0.2) is 33.2 Å². The lowest BCUT2D eigenvalue weighted by molar-refractivity contribution is 0.468. The molecule has 4 heteroatoms. The van der Waals surface area contributed by atoms with Gasteiger partial charge in [0, 0.05) is 20.1 Å². The zero-order valence-corrected chi connectivity index (χ0v) is 13.1. The first-order chi connectivity index (χ1) is 8.43. The topological polar surface area (TPSA) is 40.5 Å². The maximum absolute atomic E-state index is 10.1. The smallest absolute Gasteiger partial charge is 0.123 e. The minimum Gasteiger partial charge on any atom is -0.507 e. The number of phenolic OH excluding ortho intramolecular Hbond substituents is 2. The fourth-order valence-electron chi connectivity index (χ4n) is 1.98.